The molecule has 24 heavy (non-hydrogen) atoms. The molecule has 0 spiro atoms. The molecule has 0 radical (unpaired) electrons. The Hall–Kier alpha value is -1.85. The predicted molar refractivity (Wildman–Crippen MR) is 96.0 cm³/mol. The van der Waals surface area contributed by atoms with Gasteiger partial charge in [0.05, 0.1) is 18.5 Å². The first-order valence-corrected chi connectivity index (χ1v) is 8.67. The lowest BCUT2D eigenvalue weighted by molar-refractivity contribution is 0.239. The van der Waals surface area contributed by atoms with Crippen molar-refractivity contribution in [1.82, 2.24) is 20.0 Å². The van der Waals surface area contributed by atoms with Gasteiger partial charge >= 0.3 is 0 Å². The molecule has 1 aliphatic heterocycles. The number of H-pyrrole nitrogens is 1. The van der Waals surface area contributed by atoms with Crippen molar-refractivity contribution in [2.24, 2.45) is 0 Å². The van der Waals surface area contributed by atoms with Crippen LogP contribution in [0.25, 0.3) is 0 Å². The van der Waals surface area contributed by atoms with E-state index in [0.29, 0.717) is 6.04 Å². The Balaban J connectivity index is 1.63. The zero-order chi connectivity index (χ0) is 17.1. The molecule has 1 aromatic carbocycles. The number of hydrogen-bond donors (Lipinski definition) is 1. The summed E-state index contributed by atoms with van der Waals surface area (Å²) in [5.74, 6) is 0.909. The molecule has 0 amide bonds. The van der Waals surface area contributed by atoms with E-state index in [1.54, 1.807) is 7.11 Å². The number of ether oxygens (including phenoxy) is 1. The minimum absolute atomic E-state index is 0.535. The monoisotopic (exact) mass is 328 g/mol. The van der Waals surface area contributed by atoms with E-state index in [9.17, 15) is 0 Å². The Morgan fingerprint density at radius 2 is 2.04 bits per heavy atom. The Kier molecular flexibility index (Phi) is 5.21. The number of aromatic amines is 1. The highest BCUT2D eigenvalue weighted by molar-refractivity contribution is 5.29. The predicted octanol–water partition coefficient (Wildman–Crippen LogP) is 2.82. The largest absolute Gasteiger partial charge is 0.497 e. The number of hydrogen-bond acceptors (Lipinski definition) is 4. The molecule has 130 valence electrons. The lowest BCUT2D eigenvalue weighted by atomic mass is 10.0. The van der Waals surface area contributed by atoms with Gasteiger partial charge in [0.15, 0.2) is 0 Å². The standard InChI is InChI=1S/C19H28N4O/c1-14(2)22(3)12-18-17-9-10-23(13-19(17)21-20-18)11-15-5-7-16(24-4)8-6-15/h5-8,14H,9-13H2,1-4H3,(H,20,21). The maximum absolute atomic E-state index is 5.23. The van der Waals surface area contributed by atoms with Gasteiger partial charge in [0, 0.05) is 37.8 Å². The summed E-state index contributed by atoms with van der Waals surface area (Å²) in [5.41, 5.74) is 5.24. The number of methoxy groups -OCH3 is 1. The average Bonchev–Trinajstić information content (AvgIpc) is 2.97. The van der Waals surface area contributed by atoms with Gasteiger partial charge in [0.2, 0.25) is 0 Å². The smallest absolute Gasteiger partial charge is 0.118 e. The van der Waals surface area contributed by atoms with Crippen LogP contribution in [0.15, 0.2) is 24.3 Å². The molecule has 0 aliphatic carbocycles. The lowest BCUT2D eigenvalue weighted by Gasteiger charge is -2.27. The van der Waals surface area contributed by atoms with E-state index in [1.165, 1.54) is 22.5 Å². The van der Waals surface area contributed by atoms with Gasteiger partial charge in [0.25, 0.3) is 0 Å². The summed E-state index contributed by atoms with van der Waals surface area (Å²) < 4.78 is 5.23. The summed E-state index contributed by atoms with van der Waals surface area (Å²) in [5, 5.41) is 7.84. The van der Waals surface area contributed by atoms with Crippen molar-refractivity contribution in [3.8, 4) is 5.75 Å². The second kappa shape index (κ2) is 7.36. The van der Waals surface area contributed by atoms with Crippen LogP contribution < -0.4 is 4.74 Å². The van der Waals surface area contributed by atoms with Crippen LogP contribution in [-0.4, -0.2) is 46.7 Å². The molecule has 2 aromatic rings. The number of nitrogens with zero attached hydrogens (tertiary/aromatic N) is 3. The summed E-state index contributed by atoms with van der Waals surface area (Å²) in [6, 6.07) is 8.88. The van der Waals surface area contributed by atoms with Crippen molar-refractivity contribution in [2.45, 2.75) is 45.9 Å². The molecule has 5 nitrogen and oxygen atoms in total. The Morgan fingerprint density at radius 1 is 1.29 bits per heavy atom. The molecular weight excluding hydrogens is 300 g/mol. The van der Waals surface area contributed by atoms with Crippen molar-refractivity contribution in [3.63, 3.8) is 0 Å². The summed E-state index contributed by atoms with van der Waals surface area (Å²) in [6.07, 6.45) is 1.07. The van der Waals surface area contributed by atoms with E-state index in [1.807, 2.05) is 12.1 Å². The van der Waals surface area contributed by atoms with Crippen molar-refractivity contribution in [2.75, 3.05) is 20.7 Å². The lowest BCUT2D eigenvalue weighted by Crippen LogP contribution is -2.31. The summed E-state index contributed by atoms with van der Waals surface area (Å²) >= 11 is 0. The highest BCUT2D eigenvalue weighted by Crippen LogP contribution is 2.23. The van der Waals surface area contributed by atoms with Crippen LogP contribution in [0.5, 0.6) is 5.75 Å². The van der Waals surface area contributed by atoms with Crippen molar-refractivity contribution >= 4 is 0 Å². The molecule has 1 N–H and O–H groups in total. The van der Waals surface area contributed by atoms with Gasteiger partial charge in [-0.1, -0.05) is 12.1 Å². The van der Waals surface area contributed by atoms with E-state index < -0.39 is 0 Å². The fraction of sp³-hybridized carbons (Fsp3) is 0.526. The molecule has 2 heterocycles. The van der Waals surface area contributed by atoms with Crippen LogP contribution in [-0.2, 0) is 26.1 Å². The fourth-order valence-electron chi connectivity index (χ4n) is 3.12. The zero-order valence-corrected chi connectivity index (χ0v) is 15.2. The van der Waals surface area contributed by atoms with Crippen LogP contribution in [0.2, 0.25) is 0 Å². The molecule has 1 aliphatic rings. The van der Waals surface area contributed by atoms with Gasteiger partial charge in [-0.2, -0.15) is 5.10 Å². The van der Waals surface area contributed by atoms with Gasteiger partial charge in [-0.05, 0) is 45.0 Å². The first-order chi connectivity index (χ1) is 11.6. The number of fused-ring (bicyclic) bond motifs is 1. The first-order valence-electron chi connectivity index (χ1n) is 8.67. The van der Waals surface area contributed by atoms with Crippen LogP contribution in [0, 0.1) is 0 Å². The van der Waals surface area contributed by atoms with Crippen LogP contribution in [0.1, 0.15) is 36.4 Å². The van der Waals surface area contributed by atoms with E-state index in [-0.39, 0.29) is 0 Å². The van der Waals surface area contributed by atoms with E-state index in [0.717, 1.165) is 38.3 Å². The van der Waals surface area contributed by atoms with Gasteiger partial charge in [-0.15, -0.1) is 0 Å². The van der Waals surface area contributed by atoms with Crippen LogP contribution in [0.3, 0.4) is 0 Å². The fourth-order valence-corrected chi connectivity index (χ4v) is 3.12. The van der Waals surface area contributed by atoms with Crippen LogP contribution >= 0.6 is 0 Å². The number of rotatable bonds is 6. The Bertz CT molecular complexity index is 663. The number of benzene rings is 1. The third-order valence-electron chi connectivity index (χ3n) is 4.94. The highest BCUT2D eigenvalue weighted by atomic mass is 16.5. The normalized spacial score (nSPS) is 15.1. The zero-order valence-electron chi connectivity index (χ0n) is 15.2. The molecule has 0 atom stereocenters. The van der Waals surface area contributed by atoms with E-state index in [4.69, 9.17) is 4.74 Å². The minimum atomic E-state index is 0.535. The second-order valence-corrected chi connectivity index (χ2v) is 6.94. The molecule has 0 fully saturated rings. The molecule has 0 saturated carbocycles. The number of aromatic nitrogens is 2. The topological polar surface area (TPSA) is 44.4 Å². The van der Waals surface area contributed by atoms with Gasteiger partial charge in [-0.25, -0.2) is 0 Å². The third kappa shape index (κ3) is 3.79. The third-order valence-corrected chi connectivity index (χ3v) is 4.94. The van der Waals surface area contributed by atoms with Crippen molar-refractivity contribution in [1.29, 1.82) is 0 Å². The van der Waals surface area contributed by atoms with E-state index >= 15 is 0 Å². The molecule has 0 unspecified atom stereocenters. The highest BCUT2D eigenvalue weighted by Gasteiger charge is 2.22. The van der Waals surface area contributed by atoms with Gasteiger partial charge in [-0.3, -0.25) is 14.9 Å². The van der Waals surface area contributed by atoms with Gasteiger partial charge < -0.3 is 4.74 Å². The van der Waals surface area contributed by atoms with Crippen molar-refractivity contribution in [3.05, 3.63) is 46.8 Å². The maximum Gasteiger partial charge on any atom is 0.118 e. The second-order valence-electron chi connectivity index (χ2n) is 6.94. The van der Waals surface area contributed by atoms with Gasteiger partial charge in [0.1, 0.15) is 5.75 Å². The Labute approximate surface area is 144 Å². The van der Waals surface area contributed by atoms with E-state index in [2.05, 4.69) is 53.0 Å². The van der Waals surface area contributed by atoms with Crippen molar-refractivity contribution < 1.29 is 4.74 Å². The van der Waals surface area contributed by atoms with Crippen LogP contribution in [0.4, 0.5) is 0 Å². The molecular formula is C19H28N4O. The average molecular weight is 328 g/mol. The molecule has 5 heteroatoms. The quantitative estimate of drug-likeness (QED) is 0.886. The molecule has 1 aromatic heterocycles. The molecule has 0 bridgehead atoms. The summed E-state index contributed by atoms with van der Waals surface area (Å²) in [6.45, 7) is 8.34. The maximum atomic E-state index is 5.23. The SMILES string of the molecule is COc1ccc(CN2CCc3c(CN(C)C(C)C)n[nH]c3C2)cc1. The minimum Gasteiger partial charge on any atom is -0.497 e. The molecule has 3 rings (SSSR count). The number of nitrogens with one attached hydrogen (secondary N) is 1. The summed E-state index contributed by atoms with van der Waals surface area (Å²) in [4.78, 5) is 4.80. The molecule has 0 saturated heterocycles. The summed E-state index contributed by atoms with van der Waals surface area (Å²) in [7, 11) is 3.86. The Morgan fingerprint density at radius 3 is 2.71 bits per heavy atom. The first kappa shape index (κ1) is 17.0.